The SMILES string of the molecule is CCOC(=O)C(C)(C)N(C)CC(=O)N(C)C1(C#N)CCCCC1. The van der Waals surface area contributed by atoms with Crippen molar-refractivity contribution in [2.24, 2.45) is 0 Å². The molecule has 0 unspecified atom stereocenters. The first-order chi connectivity index (χ1) is 10.7. The van der Waals surface area contributed by atoms with Crippen molar-refractivity contribution >= 4 is 11.9 Å². The molecule has 6 nitrogen and oxygen atoms in total. The molecule has 1 amide bonds. The molecule has 0 N–H and O–H groups in total. The van der Waals surface area contributed by atoms with E-state index in [-0.39, 0.29) is 18.4 Å². The number of hydrogen-bond acceptors (Lipinski definition) is 5. The Morgan fingerprint density at radius 1 is 1.22 bits per heavy atom. The molecule has 0 aliphatic heterocycles. The van der Waals surface area contributed by atoms with Crippen LogP contribution in [0.5, 0.6) is 0 Å². The Morgan fingerprint density at radius 2 is 1.78 bits per heavy atom. The van der Waals surface area contributed by atoms with Gasteiger partial charge in [0.25, 0.3) is 0 Å². The van der Waals surface area contributed by atoms with E-state index in [0.29, 0.717) is 6.61 Å². The van der Waals surface area contributed by atoms with Gasteiger partial charge in [0.15, 0.2) is 0 Å². The van der Waals surface area contributed by atoms with Gasteiger partial charge in [-0.15, -0.1) is 0 Å². The molecule has 130 valence electrons. The predicted octanol–water partition coefficient (Wildman–Crippen LogP) is 1.94. The van der Waals surface area contributed by atoms with Gasteiger partial charge in [0.1, 0.15) is 11.1 Å². The van der Waals surface area contributed by atoms with Gasteiger partial charge in [0, 0.05) is 7.05 Å². The molecule has 1 saturated carbocycles. The van der Waals surface area contributed by atoms with Crippen molar-refractivity contribution < 1.29 is 14.3 Å². The summed E-state index contributed by atoms with van der Waals surface area (Å²) in [5.41, 5.74) is -1.59. The topological polar surface area (TPSA) is 73.6 Å². The number of amides is 1. The van der Waals surface area contributed by atoms with Crippen LogP contribution in [0.4, 0.5) is 0 Å². The molecule has 1 aliphatic rings. The van der Waals surface area contributed by atoms with Crippen LogP contribution in [0, 0.1) is 11.3 Å². The van der Waals surface area contributed by atoms with Crippen molar-refractivity contribution in [3.8, 4) is 6.07 Å². The van der Waals surface area contributed by atoms with Crippen LogP contribution in [0.25, 0.3) is 0 Å². The summed E-state index contributed by atoms with van der Waals surface area (Å²) in [7, 11) is 3.42. The van der Waals surface area contributed by atoms with Gasteiger partial charge >= 0.3 is 5.97 Å². The summed E-state index contributed by atoms with van der Waals surface area (Å²) < 4.78 is 5.07. The van der Waals surface area contributed by atoms with E-state index in [9.17, 15) is 14.9 Å². The van der Waals surface area contributed by atoms with Crippen molar-refractivity contribution in [1.82, 2.24) is 9.80 Å². The third-order valence-electron chi connectivity index (χ3n) is 5.01. The van der Waals surface area contributed by atoms with E-state index in [1.165, 1.54) is 0 Å². The number of carbonyl (C=O) groups excluding carboxylic acids is 2. The second kappa shape index (κ2) is 7.78. The molecule has 6 heteroatoms. The third kappa shape index (κ3) is 4.23. The third-order valence-corrected chi connectivity index (χ3v) is 5.01. The van der Waals surface area contributed by atoms with Crippen LogP contribution in [0.1, 0.15) is 52.9 Å². The molecule has 1 fully saturated rings. The Balaban J connectivity index is 2.77. The van der Waals surface area contributed by atoms with E-state index in [1.54, 1.807) is 44.7 Å². The van der Waals surface area contributed by atoms with E-state index in [4.69, 9.17) is 4.74 Å². The Labute approximate surface area is 139 Å². The Morgan fingerprint density at radius 3 is 2.26 bits per heavy atom. The second-order valence-electron chi connectivity index (χ2n) is 6.79. The van der Waals surface area contributed by atoms with Gasteiger partial charge in [-0.3, -0.25) is 14.5 Å². The standard InChI is InChI=1S/C17H29N3O3/c1-6-23-15(22)16(2,3)19(4)12-14(21)20(5)17(13-18)10-8-7-9-11-17/h6-12H2,1-5H3. The van der Waals surface area contributed by atoms with Crippen molar-refractivity contribution in [1.29, 1.82) is 5.26 Å². The number of hydrogen-bond donors (Lipinski definition) is 0. The maximum absolute atomic E-state index is 12.6. The van der Waals surface area contributed by atoms with Gasteiger partial charge in [-0.05, 0) is 40.7 Å². The highest BCUT2D eigenvalue weighted by molar-refractivity contribution is 5.83. The van der Waals surface area contributed by atoms with Gasteiger partial charge < -0.3 is 9.64 Å². The van der Waals surface area contributed by atoms with Crippen LogP contribution in [0.2, 0.25) is 0 Å². The maximum Gasteiger partial charge on any atom is 0.325 e. The number of carbonyl (C=O) groups is 2. The largest absolute Gasteiger partial charge is 0.465 e. The zero-order valence-electron chi connectivity index (χ0n) is 15.0. The Kier molecular flexibility index (Phi) is 6.57. The number of rotatable bonds is 6. The molecule has 0 atom stereocenters. The average Bonchev–Trinajstić information content (AvgIpc) is 2.54. The summed E-state index contributed by atoms with van der Waals surface area (Å²) in [5.74, 6) is -0.501. The highest BCUT2D eigenvalue weighted by Crippen LogP contribution is 2.32. The Bertz CT molecular complexity index is 476. The van der Waals surface area contributed by atoms with Crippen LogP contribution in [0.3, 0.4) is 0 Å². The molecular formula is C17H29N3O3. The number of nitrogens with zero attached hydrogens (tertiary/aromatic N) is 3. The van der Waals surface area contributed by atoms with Gasteiger partial charge in [-0.1, -0.05) is 19.3 Å². The van der Waals surface area contributed by atoms with Crippen LogP contribution < -0.4 is 0 Å². The average molecular weight is 323 g/mol. The first-order valence-corrected chi connectivity index (χ1v) is 8.27. The summed E-state index contributed by atoms with van der Waals surface area (Å²) in [6, 6.07) is 2.35. The molecule has 0 saturated heterocycles. The molecule has 0 aromatic heterocycles. The first kappa shape index (κ1) is 19.4. The van der Waals surface area contributed by atoms with Crippen LogP contribution in [-0.2, 0) is 14.3 Å². The molecule has 23 heavy (non-hydrogen) atoms. The number of esters is 1. The van der Waals surface area contributed by atoms with E-state index in [1.807, 2.05) is 0 Å². The minimum Gasteiger partial charge on any atom is -0.465 e. The van der Waals surface area contributed by atoms with E-state index < -0.39 is 11.1 Å². The number of likely N-dealkylation sites (N-methyl/N-ethyl adjacent to an activating group) is 2. The van der Waals surface area contributed by atoms with Crippen molar-refractivity contribution in [3.63, 3.8) is 0 Å². The summed E-state index contributed by atoms with van der Waals surface area (Å²) in [4.78, 5) is 27.9. The van der Waals surface area contributed by atoms with Gasteiger partial charge in [-0.2, -0.15) is 5.26 Å². The van der Waals surface area contributed by atoms with Crippen LogP contribution in [0.15, 0.2) is 0 Å². The number of nitriles is 1. The monoisotopic (exact) mass is 323 g/mol. The Hall–Kier alpha value is -1.61. The summed E-state index contributed by atoms with van der Waals surface area (Å²) in [6.07, 6.45) is 4.49. The van der Waals surface area contributed by atoms with E-state index in [2.05, 4.69) is 6.07 Å². The quantitative estimate of drug-likeness (QED) is 0.698. The lowest BCUT2D eigenvalue weighted by atomic mass is 9.81. The van der Waals surface area contributed by atoms with Crippen LogP contribution >= 0.6 is 0 Å². The smallest absolute Gasteiger partial charge is 0.325 e. The normalized spacial score (nSPS) is 17.4. The molecule has 0 radical (unpaired) electrons. The highest BCUT2D eigenvalue weighted by atomic mass is 16.5. The van der Waals surface area contributed by atoms with Crippen molar-refractivity contribution in [3.05, 3.63) is 0 Å². The van der Waals surface area contributed by atoms with E-state index in [0.717, 1.165) is 32.1 Å². The molecular weight excluding hydrogens is 294 g/mol. The molecule has 0 aromatic rings. The van der Waals surface area contributed by atoms with Crippen LogP contribution in [-0.4, -0.2) is 60.0 Å². The summed E-state index contributed by atoms with van der Waals surface area (Å²) in [5, 5.41) is 9.58. The predicted molar refractivity (Wildman–Crippen MR) is 87.5 cm³/mol. The fraction of sp³-hybridized carbons (Fsp3) is 0.824. The van der Waals surface area contributed by atoms with E-state index >= 15 is 0 Å². The fourth-order valence-electron chi connectivity index (χ4n) is 2.87. The van der Waals surface area contributed by atoms with Gasteiger partial charge in [0.05, 0.1) is 19.2 Å². The van der Waals surface area contributed by atoms with Gasteiger partial charge in [0.2, 0.25) is 5.91 Å². The van der Waals surface area contributed by atoms with Crippen molar-refractivity contribution in [2.75, 3.05) is 27.2 Å². The zero-order chi connectivity index (χ0) is 17.7. The second-order valence-corrected chi connectivity index (χ2v) is 6.79. The molecule has 0 bridgehead atoms. The van der Waals surface area contributed by atoms with Gasteiger partial charge in [-0.25, -0.2) is 0 Å². The molecule has 1 rings (SSSR count). The minimum absolute atomic E-state index is 0.0751. The highest BCUT2D eigenvalue weighted by Gasteiger charge is 2.41. The maximum atomic E-state index is 12.6. The molecule has 1 aliphatic carbocycles. The molecule has 0 heterocycles. The lowest BCUT2D eigenvalue weighted by molar-refractivity contribution is -0.156. The lowest BCUT2D eigenvalue weighted by Crippen LogP contribution is -2.56. The fourth-order valence-corrected chi connectivity index (χ4v) is 2.87. The first-order valence-electron chi connectivity index (χ1n) is 8.27. The number of ether oxygens (including phenoxy) is 1. The zero-order valence-corrected chi connectivity index (χ0v) is 15.0. The molecule has 0 aromatic carbocycles. The summed E-state index contributed by atoms with van der Waals surface area (Å²) >= 11 is 0. The lowest BCUT2D eigenvalue weighted by Gasteiger charge is -2.41. The molecule has 0 spiro atoms. The summed E-state index contributed by atoms with van der Waals surface area (Å²) in [6.45, 7) is 5.61. The van der Waals surface area contributed by atoms with Crippen molar-refractivity contribution in [2.45, 2.75) is 64.0 Å². The minimum atomic E-state index is -0.890.